The van der Waals surface area contributed by atoms with E-state index in [1.807, 2.05) is 19.2 Å². The highest BCUT2D eigenvalue weighted by atomic mass is 32.2. The zero-order valence-electron chi connectivity index (χ0n) is 12.9. The van der Waals surface area contributed by atoms with Gasteiger partial charge in [-0.25, -0.2) is 8.42 Å². The molecule has 2 rings (SSSR count). The quantitative estimate of drug-likeness (QED) is 0.855. The number of piperazine rings is 1. The monoisotopic (exact) mass is 311 g/mol. The van der Waals surface area contributed by atoms with Gasteiger partial charge in [0.25, 0.3) is 0 Å². The standard InChI is InChI=1S/C15H25N3O2S/c1-3-8-17-9-11-18(12-10-17)21(19,20)15-7-5-4-6-14(15)13-16-2/h4-7,16H,3,8-13H2,1-2H3. The van der Waals surface area contributed by atoms with Crippen molar-refractivity contribution in [3.05, 3.63) is 29.8 Å². The second-order valence-corrected chi connectivity index (χ2v) is 7.29. The first-order valence-electron chi connectivity index (χ1n) is 7.54. The summed E-state index contributed by atoms with van der Waals surface area (Å²) in [7, 11) is -1.56. The molecule has 0 bridgehead atoms. The predicted molar refractivity (Wildman–Crippen MR) is 84.7 cm³/mol. The lowest BCUT2D eigenvalue weighted by Crippen LogP contribution is -2.48. The van der Waals surface area contributed by atoms with E-state index < -0.39 is 10.0 Å². The summed E-state index contributed by atoms with van der Waals surface area (Å²) in [6.07, 6.45) is 1.11. The van der Waals surface area contributed by atoms with Crippen molar-refractivity contribution in [2.75, 3.05) is 39.8 Å². The van der Waals surface area contributed by atoms with Crippen molar-refractivity contribution < 1.29 is 8.42 Å². The highest BCUT2D eigenvalue weighted by Crippen LogP contribution is 2.21. The van der Waals surface area contributed by atoms with Gasteiger partial charge in [0.1, 0.15) is 0 Å². The van der Waals surface area contributed by atoms with Crippen LogP contribution in [0.25, 0.3) is 0 Å². The molecule has 1 heterocycles. The SMILES string of the molecule is CCCN1CCN(S(=O)(=O)c2ccccc2CNC)CC1. The van der Waals surface area contributed by atoms with Crippen LogP contribution in [0.1, 0.15) is 18.9 Å². The minimum Gasteiger partial charge on any atom is -0.316 e. The molecule has 1 saturated heterocycles. The van der Waals surface area contributed by atoms with Gasteiger partial charge in [0.2, 0.25) is 10.0 Å². The molecule has 0 radical (unpaired) electrons. The van der Waals surface area contributed by atoms with E-state index in [0.29, 0.717) is 24.5 Å². The molecule has 6 heteroatoms. The van der Waals surface area contributed by atoms with E-state index in [2.05, 4.69) is 17.1 Å². The summed E-state index contributed by atoms with van der Waals surface area (Å²) in [6, 6.07) is 7.25. The minimum absolute atomic E-state index is 0.434. The fourth-order valence-electron chi connectivity index (χ4n) is 2.74. The van der Waals surface area contributed by atoms with E-state index in [-0.39, 0.29) is 0 Å². The van der Waals surface area contributed by atoms with Gasteiger partial charge in [0.15, 0.2) is 0 Å². The lowest BCUT2D eigenvalue weighted by molar-refractivity contribution is 0.188. The Morgan fingerprint density at radius 1 is 1.14 bits per heavy atom. The normalized spacial score (nSPS) is 18.0. The van der Waals surface area contributed by atoms with Crippen LogP contribution in [0.5, 0.6) is 0 Å². The van der Waals surface area contributed by atoms with Gasteiger partial charge >= 0.3 is 0 Å². The van der Waals surface area contributed by atoms with Crippen LogP contribution in [0.15, 0.2) is 29.2 Å². The summed E-state index contributed by atoms with van der Waals surface area (Å²) in [5.41, 5.74) is 0.830. The molecular weight excluding hydrogens is 286 g/mol. The van der Waals surface area contributed by atoms with Crippen molar-refractivity contribution in [2.24, 2.45) is 0 Å². The Kier molecular flexibility index (Phi) is 5.75. The molecule has 1 aromatic rings. The average molecular weight is 311 g/mol. The Morgan fingerprint density at radius 3 is 2.43 bits per heavy atom. The van der Waals surface area contributed by atoms with Crippen molar-refractivity contribution in [1.29, 1.82) is 0 Å². The van der Waals surface area contributed by atoms with Crippen LogP contribution in [-0.4, -0.2) is 57.4 Å². The molecule has 0 saturated carbocycles. The molecule has 0 atom stereocenters. The van der Waals surface area contributed by atoms with Gasteiger partial charge in [0.05, 0.1) is 4.90 Å². The van der Waals surface area contributed by atoms with E-state index in [4.69, 9.17) is 0 Å². The topological polar surface area (TPSA) is 52.7 Å². The highest BCUT2D eigenvalue weighted by molar-refractivity contribution is 7.89. The van der Waals surface area contributed by atoms with Gasteiger partial charge in [0, 0.05) is 32.7 Å². The number of rotatable bonds is 6. The van der Waals surface area contributed by atoms with Crippen LogP contribution in [0.3, 0.4) is 0 Å². The molecule has 1 fully saturated rings. The molecular formula is C15H25N3O2S. The van der Waals surface area contributed by atoms with Crippen LogP contribution in [0.4, 0.5) is 0 Å². The first-order valence-corrected chi connectivity index (χ1v) is 8.98. The van der Waals surface area contributed by atoms with E-state index in [1.54, 1.807) is 16.4 Å². The molecule has 0 aliphatic carbocycles. The number of benzene rings is 1. The van der Waals surface area contributed by atoms with Crippen LogP contribution in [-0.2, 0) is 16.6 Å². The van der Waals surface area contributed by atoms with E-state index in [9.17, 15) is 8.42 Å². The summed E-state index contributed by atoms with van der Waals surface area (Å²) < 4.78 is 27.3. The molecule has 1 aliphatic heterocycles. The maximum atomic E-state index is 12.8. The first kappa shape index (κ1) is 16.4. The highest BCUT2D eigenvalue weighted by Gasteiger charge is 2.29. The Morgan fingerprint density at radius 2 is 1.81 bits per heavy atom. The van der Waals surface area contributed by atoms with E-state index in [1.165, 1.54) is 0 Å². The van der Waals surface area contributed by atoms with Gasteiger partial charge in [-0.15, -0.1) is 0 Å². The molecule has 0 aromatic heterocycles. The number of sulfonamides is 1. The number of hydrogen-bond donors (Lipinski definition) is 1. The third kappa shape index (κ3) is 3.83. The predicted octanol–water partition coefficient (Wildman–Crippen LogP) is 1.12. The van der Waals surface area contributed by atoms with E-state index >= 15 is 0 Å². The molecule has 118 valence electrons. The molecule has 1 N–H and O–H groups in total. The number of nitrogens with zero attached hydrogens (tertiary/aromatic N) is 2. The van der Waals surface area contributed by atoms with Crippen molar-refractivity contribution in [2.45, 2.75) is 24.8 Å². The van der Waals surface area contributed by atoms with Crippen LogP contribution in [0, 0.1) is 0 Å². The number of hydrogen-bond acceptors (Lipinski definition) is 4. The van der Waals surface area contributed by atoms with Gasteiger partial charge < -0.3 is 10.2 Å². The third-order valence-electron chi connectivity index (χ3n) is 3.83. The summed E-state index contributed by atoms with van der Waals surface area (Å²) >= 11 is 0. The van der Waals surface area contributed by atoms with Crippen molar-refractivity contribution in [1.82, 2.24) is 14.5 Å². The zero-order valence-corrected chi connectivity index (χ0v) is 13.7. The smallest absolute Gasteiger partial charge is 0.243 e. The van der Waals surface area contributed by atoms with E-state index in [0.717, 1.165) is 31.6 Å². The summed E-state index contributed by atoms with van der Waals surface area (Å²) in [5.74, 6) is 0. The van der Waals surface area contributed by atoms with Crippen LogP contribution < -0.4 is 5.32 Å². The Bertz CT molecular complexity index is 552. The first-order chi connectivity index (χ1) is 10.1. The van der Waals surface area contributed by atoms with Crippen LogP contribution >= 0.6 is 0 Å². The molecule has 0 amide bonds. The Hall–Kier alpha value is -0.950. The lowest BCUT2D eigenvalue weighted by atomic mass is 10.2. The third-order valence-corrected chi connectivity index (χ3v) is 5.83. The minimum atomic E-state index is -3.39. The molecule has 1 aliphatic rings. The molecule has 0 unspecified atom stereocenters. The van der Waals surface area contributed by atoms with Crippen LogP contribution in [0.2, 0.25) is 0 Å². The van der Waals surface area contributed by atoms with Crippen molar-refractivity contribution in [3.63, 3.8) is 0 Å². The Labute approximate surface area is 128 Å². The van der Waals surface area contributed by atoms with Gasteiger partial charge in [-0.3, -0.25) is 0 Å². The molecule has 1 aromatic carbocycles. The Balaban J connectivity index is 2.16. The summed E-state index contributed by atoms with van der Waals surface area (Å²) in [4.78, 5) is 2.76. The molecule has 21 heavy (non-hydrogen) atoms. The van der Waals surface area contributed by atoms with Crippen molar-refractivity contribution in [3.8, 4) is 0 Å². The second-order valence-electron chi connectivity index (χ2n) is 5.38. The second kappa shape index (κ2) is 7.35. The maximum absolute atomic E-state index is 12.8. The fourth-order valence-corrected chi connectivity index (χ4v) is 4.39. The van der Waals surface area contributed by atoms with Gasteiger partial charge in [-0.2, -0.15) is 4.31 Å². The average Bonchev–Trinajstić information content (AvgIpc) is 2.49. The summed E-state index contributed by atoms with van der Waals surface area (Å²) in [6.45, 7) is 6.56. The van der Waals surface area contributed by atoms with Crippen molar-refractivity contribution >= 4 is 10.0 Å². The summed E-state index contributed by atoms with van der Waals surface area (Å²) in [5, 5.41) is 3.03. The lowest BCUT2D eigenvalue weighted by Gasteiger charge is -2.34. The maximum Gasteiger partial charge on any atom is 0.243 e. The number of nitrogens with one attached hydrogen (secondary N) is 1. The van der Waals surface area contributed by atoms with Gasteiger partial charge in [-0.05, 0) is 31.6 Å². The zero-order chi connectivity index (χ0) is 15.3. The largest absolute Gasteiger partial charge is 0.316 e. The van der Waals surface area contributed by atoms with Gasteiger partial charge in [-0.1, -0.05) is 25.1 Å². The molecule has 0 spiro atoms. The fraction of sp³-hybridized carbons (Fsp3) is 0.600. The molecule has 5 nitrogen and oxygen atoms in total.